The third-order valence-electron chi connectivity index (χ3n) is 4.45. The summed E-state index contributed by atoms with van der Waals surface area (Å²) in [5.74, 6) is -0.0992. The number of fused-ring (bicyclic) bond motifs is 1. The van der Waals surface area contributed by atoms with E-state index in [9.17, 15) is 9.59 Å². The number of carbonyl (C=O) groups excluding carboxylic acids is 2. The van der Waals surface area contributed by atoms with Crippen molar-refractivity contribution in [2.45, 2.75) is 26.3 Å². The Morgan fingerprint density at radius 1 is 1.12 bits per heavy atom. The van der Waals surface area contributed by atoms with Crippen molar-refractivity contribution >= 4 is 39.2 Å². The standard InChI is InChI=1S/C20H22BrN3O2/c1-13(2)18(23-20(26)22-16-8-5-7-15(21)12-16)19(25)24-11-10-14-6-3-4-9-17(14)24/h3-9,12-13,18H,10-11H2,1-2H3,(H2,22,23,26)/t18-/m0/s1. The molecule has 1 heterocycles. The largest absolute Gasteiger partial charge is 0.326 e. The van der Waals surface area contributed by atoms with Crippen LogP contribution in [0.25, 0.3) is 0 Å². The highest BCUT2D eigenvalue weighted by Crippen LogP contribution is 2.28. The van der Waals surface area contributed by atoms with Crippen molar-refractivity contribution in [1.82, 2.24) is 5.32 Å². The molecule has 1 aliphatic heterocycles. The first kappa shape index (κ1) is 18.5. The smallest absolute Gasteiger partial charge is 0.319 e. The summed E-state index contributed by atoms with van der Waals surface area (Å²) in [6.45, 7) is 4.52. The van der Waals surface area contributed by atoms with Gasteiger partial charge in [0.25, 0.3) is 0 Å². The molecular formula is C20H22BrN3O2. The lowest BCUT2D eigenvalue weighted by molar-refractivity contribution is -0.121. The highest BCUT2D eigenvalue weighted by atomic mass is 79.9. The Bertz CT molecular complexity index is 822. The van der Waals surface area contributed by atoms with Crippen molar-refractivity contribution in [2.24, 2.45) is 5.92 Å². The van der Waals surface area contributed by atoms with Gasteiger partial charge in [0, 0.05) is 22.4 Å². The first-order valence-corrected chi connectivity index (χ1v) is 9.47. The van der Waals surface area contributed by atoms with Crippen molar-refractivity contribution in [3.05, 3.63) is 58.6 Å². The molecule has 3 rings (SSSR count). The van der Waals surface area contributed by atoms with Crippen LogP contribution in [0.15, 0.2) is 53.0 Å². The molecule has 0 spiro atoms. The van der Waals surface area contributed by atoms with E-state index in [1.807, 2.05) is 56.3 Å². The van der Waals surface area contributed by atoms with Crippen molar-refractivity contribution < 1.29 is 9.59 Å². The van der Waals surface area contributed by atoms with E-state index in [2.05, 4.69) is 26.6 Å². The van der Waals surface area contributed by atoms with Gasteiger partial charge in [0.1, 0.15) is 6.04 Å². The van der Waals surface area contributed by atoms with E-state index in [4.69, 9.17) is 0 Å². The highest BCUT2D eigenvalue weighted by molar-refractivity contribution is 9.10. The van der Waals surface area contributed by atoms with Gasteiger partial charge in [-0.3, -0.25) is 4.79 Å². The summed E-state index contributed by atoms with van der Waals surface area (Å²) in [6, 6.07) is 14.3. The molecule has 2 aromatic rings. The number of nitrogens with zero attached hydrogens (tertiary/aromatic N) is 1. The lowest BCUT2D eigenvalue weighted by Crippen LogP contribution is -2.52. The Labute approximate surface area is 161 Å². The molecule has 0 unspecified atom stereocenters. The number of hydrogen-bond donors (Lipinski definition) is 2. The second-order valence-corrected chi connectivity index (χ2v) is 7.61. The number of amides is 3. The van der Waals surface area contributed by atoms with Crippen LogP contribution >= 0.6 is 15.9 Å². The van der Waals surface area contributed by atoms with Crippen molar-refractivity contribution in [3.8, 4) is 0 Å². The Balaban J connectivity index is 1.71. The number of carbonyl (C=O) groups is 2. The average molecular weight is 416 g/mol. The highest BCUT2D eigenvalue weighted by Gasteiger charge is 2.32. The van der Waals surface area contributed by atoms with Crippen molar-refractivity contribution in [1.29, 1.82) is 0 Å². The normalized spacial score (nSPS) is 14.1. The number of halogens is 1. The number of nitrogens with one attached hydrogen (secondary N) is 2. The average Bonchev–Trinajstić information content (AvgIpc) is 3.03. The zero-order valence-electron chi connectivity index (χ0n) is 14.8. The first-order valence-electron chi connectivity index (χ1n) is 8.68. The summed E-state index contributed by atoms with van der Waals surface area (Å²) in [5.41, 5.74) is 2.78. The molecule has 6 heteroatoms. The summed E-state index contributed by atoms with van der Waals surface area (Å²) < 4.78 is 0.875. The van der Waals surface area contributed by atoms with Gasteiger partial charge >= 0.3 is 6.03 Å². The lowest BCUT2D eigenvalue weighted by Gasteiger charge is -2.27. The van der Waals surface area contributed by atoms with E-state index in [0.29, 0.717) is 12.2 Å². The molecule has 0 aliphatic carbocycles. The van der Waals surface area contributed by atoms with Crippen LogP contribution in [0.4, 0.5) is 16.2 Å². The van der Waals surface area contributed by atoms with Gasteiger partial charge in [-0.25, -0.2) is 4.79 Å². The zero-order valence-corrected chi connectivity index (χ0v) is 16.4. The maximum absolute atomic E-state index is 13.1. The van der Waals surface area contributed by atoms with Crippen LogP contribution in [0.3, 0.4) is 0 Å². The minimum Gasteiger partial charge on any atom is -0.326 e. The molecule has 0 radical (unpaired) electrons. The molecule has 1 aliphatic rings. The summed E-state index contributed by atoms with van der Waals surface area (Å²) in [4.78, 5) is 27.2. The van der Waals surface area contributed by atoms with Crippen LogP contribution in [0, 0.1) is 5.92 Å². The zero-order chi connectivity index (χ0) is 18.7. The van der Waals surface area contributed by atoms with E-state index in [0.717, 1.165) is 16.6 Å². The Hall–Kier alpha value is -2.34. The third kappa shape index (κ3) is 4.07. The number of para-hydroxylation sites is 1. The summed E-state index contributed by atoms with van der Waals surface area (Å²) in [5, 5.41) is 5.62. The lowest BCUT2D eigenvalue weighted by atomic mass is 10.0. The molecule has 0 saturated carbocycles. The fourth-order valence-electron chi connectivity index (χ4n) is 3.12. The van der Waals surface area contributed by atoms with Crippen LogP contribution in [-0.2, 0) is 11.2 Å². The van der Waals surface area contributed by atoms with E-state index in [1.54, 1.807) is 11.0 Å². The molecule has 0 bridgehead atoms. The van der Waals surface area contributed by atoms with Crippen LogP contribution in [-0.4, -0.2) is 24.5 Å². The predicted molar refractivity (Wildman–Crippen MR) is 107 cm³/mol. The molecule has 1 atom stereocenters. The van der Waals surface area contributed by atoms with Crippen molar-refractivity contribution in [2.75, 3.05) is 16.8 Å². The molecule has 136 valence electrons. The molecule has 0 aromatic heterocycles. The predicted octanol–water partition coefficient (Wildman–Crippen LogP) is 4.18. The number of anilines is 2. The second kappa shape index (κ2) is 7.91. The molecule has 5 nitrogen and oxygen atoms in total. The molecular weight excluding hydrogens is 394 g/mol. The SMILES string of the molecule is CC(C)[C@H](NC(=O)Nc1cccc(Br)c1)C(=O)N1CCc2ccccc21. The van der Waals surface area contributed by atoms with Gasteiger partial charge in [-0.1, -0.05) is 54.0 Å². The Morgan fingerprint density at radius 2 is 1.88 bits per heavy atom. The van der Waals surface area contributed by atoms with Gasteiger partial charge < -0.3 is 15.5 Å². The van der Waals surface area contributed by atoms with Gasteiger partial charge in [0.2, 0.25) is 5.91 Å². The molecule has 3 amide bonds. The first-order chi connectivity index (χ1) is 12.5. The van der Waals surface area contributed by atoms with Gasteiger partial charge in [-0.2, -0.15) is 0 Å². The maximum Gasteiger partial charge on any atom is 0.319 e. The summed E-state index contributed by atoms with van der Waals surface area (Å²) >= 11 is 3.38. The minimum absolute atomic E-state index is 0.0245. The molecule has 2 N–H and O–H groups in total. The van der Waals surface area contributed by atoms with Crippen LogP contribution in [0.5, 0.6) is 0 Å². The van der Waals surface area contributed by atoms with Gasteiger partial charge in [-0.05, 0) is 42.2 Å². The Kier molecular flexibility index (Phi) is 5.61. The quantitative estimate of drug-likeness (QED) is 0.786. The monoisotopic (exact) mass is 415 g/mol. The summed E-state index contributed by atoms with van der Waals surface area (Å²) in [7, 11) is 0. The molecule has 0 fully saturated rings. The molecule has 0 saturated heterocycles. The number of benzene rings is 2. The van der Waals surface area contributed by atoms with E-state index in [-0.39, 0.29) is 17.9 Å². The van der Waals surface area contributed by atoms with Crippen molar-refractivity contribution in [3.63, 3.8) is 0 Å². The number of urea groups is 1. The van der Waals surface area contributed by atoms with Gasteiger partial charge in [0.15, 0.2) is 0 Å². The molecule has 26 heavy (non-hydrogen) atoms. The van der Waals surface area contributed by atoms with E-state index >= 15 is 0 Å². The second-order valence-electron chi connectivity index (χ2n) is 6.70. The molecule has 2 aromatic carbocycles. The maximum atomic E-state index is 13.1. The van der Waals surface area contributed by atoms with E-state index in [1.165, 1.54) is 5.56 Å². The number of rotatable bonds is 4. The minimum atomic E-state index is -0.590. The fourth-order valence-corrected chi connectivity index (χ4v) is 3.52. The van der Waals surface area contributed by atoms with Gasteiger partial charge in [-0.15, -0.1) is 0 Å². The van der Waals surface area contributed by atoms with E-state index < -0.39 is 6.04 Å². The number of hydrogen-bond acceptors (Lipinski definition) is 2. The fraction of sp³-hybridized carbons (Fsp3) is 0.300. The van der Waals surface area contributed by atoms with Crippen LogP contribution < -0.4 is 15.5 Å². The van der Waals surface area contributed by atoms with Gasteiger partial charge in [0.05, 0.1) is 0 Å². The van der Waals surface area contributed by atoms with Crippen LogP contribution in [0.2, 0.25) is 0 Å². The topological polar surface area (TPSA) is 61.4 Å². The Morgan fingerprint density at radius 3 is 2.62 bits per heavy atom. The van der Waals surface area contributed by atoms with Crippen LogP contribution in [0.1, 0.15) is 19.4 Å². The summed E-state index contributed by atoms with van der Waals surface area (Å²) in [6.07, 6.45) is 0.844. The third-order valence-corrected chi connectivity index (χ3v) is 4.95.